The van der Waals surface area contributed by atoms with Crippen LogP contribution in [0.25, 0.3) is 0 Å². The molecule has 0 bridgehead atoms. The Bertz CT molecular complexity index is 1170. The van der Waals surface area contributed by atoms with Gasteiger partial charge >= 0.3 is 5.97 Å². The Kier molecular flexibility index (Phi) is 8.13. The van der Waals surface area contributed by atoms with Crippen molar-refractivity contribution in [2.75, 3.05) is 37.7 Å². The van der Waals surface area contributed by atoms with Crippen LogP contribution in [0.15, 0.2) is 36.4 Å². The van der Waals surface area contributed by atoms with Gasteiger partial charge in [-0.3, -0.25) is 19.2 Å². The van der Waals surface area contributed by atoms with Gasteiger partial charge in [-0.05, 0) is 68.0 Å². The molecule has 0 N–H and O–H groups in total. The van der Waals surface area contributed by atoms with E-state index in [1.165, 1.54) is 30.5 Å². The number of aryl methyl sites for hydroxylation is 2. The fraction of sp³-hybridized carbons (Fsp3) is 0.429. The number of nitrogens with zero attached hydrogens (tertiary/aromatic N) is 2. The Balaban J connectivity index is 1.19. The predicted octanol–water partition coefficient (Wildman–Crippen LogP) is 3.76. The minimum atomic E-state index is -0.582. The minimum absolute atomic E-state index is 0.0401. The monoisotopic (exact) mass is 494 g/mol. The second-order valence-electron chi connectivity index (χ2n) is 9.36. The molecule has 0 aromatic heterocycles. The Morgan fingerprint density at radius 2 is 1.56 bits per heavy atom. The summed E-state index contributed by atoms with van der Waals surface area (Å²) in [5.74, 6) is -1.68. The van der Waals surface area contributed by atoms with Gasteiger partial charge in [0.15, 0.2) is 18.2 Å². The molecule has 1 saturated heterocycles. The van der Waals surface area contributed by atoms with Gasteiger partial charge in [0.25, 0.3) is 5.91 Å². The van der Waals surface area contributed by atoms with E-state index in [1.807, 2.05) is 23.1 Å². The maximum absolute atomic E-state index is 14.4. The number of carbonyl (C=O) groups is 4. The fourth-order valence-electron chi connectivity index (χ4n) is 4.75. The van der Waals surface area contributed by atoms with Crippen LogP contribution in [0.3, 0.4) is 0 Å². The zero-order chi connectivity index (χ0) is 25.7. The number of anilines is 1. The first-order valence-corrected chi connectivity index (χ1v) is 12.5. The predicted molar refractivity (Wildman–Crippen MR) is 133 cm³/mol. The smallest absolute Gasteiger partial charge is 0.306 e. The molecule has 0 unspecified atom stereocenters. The summed E-state index contributed by atoms with van der Waals surface area (Å²) in [5, 5.41) is 0. The summed E-state index contributed by atoms with van der Waals surface area (Å²) in [6, 6.07) is 10.2. The Morgan fingerprint density at radius 3 is 2.25 bits per heavy atom. The standard InChI is InChI=1S/C28H31FN2O5/c1-19(32)21-8-9-25(24(29)17-21)30-12-14-31(15-13-30)27(34)18-36-28(35)11-10-26(33)23-7-6-20-4-2-3-5-22(20)16-23/h6-9,16-17H,2-5,10-15,18H2,1H3. The van der Waals surface area contributed by atoms with Crippen molar-refractivity contribution in [3.8, 4) is 0 Å². The maximum atomic E-state index is 14.4. The van der Waals surface area contributed by atoms with Crippen molar-refractivity contribution < 1.29 is 28.3 Å². The molecule has 0 spiro atoms. The van der Waals surface area contributed by atoms with E-state index in [4.69, 9.17) is 4.74 Å². The third kappa shape index (κ3) is 6.17. The van der Waals surface area contributed by atoms with Crippen LogP contribution in [0.4, 0.5) is 10.1 Å². The Hall–Kier alpha value is -3.55. The van der Waals surface area contributed by atoms with Crippen LogP contribution in [0.1, 0.15) is 64.4 Å². The van der Waals surface area contributed by atoms with Crippen molar-refractivity contribution >= 4 is 29.1 Å². The molecule has 1 fully saturated rings. The van der Waals surface area contributed by atoms with E-state index in [0.717, 1.165) is 19.3 Å². The molecule has 2 aromatic carbocycles. The number of hydrogen-bond acceptors (Lipinski definition) is 6. The summed E-state index contributed by atoms with van der Waals surface area (Å²) in [5.41, 5.74) is 3.84. The van der Waals surface area contributed by atoms with Gasteiger partial charge in [0.1, 0.15) is 5.82 Å². The first-order valence-electron chi connectivity index (χ1n) is 12.5. The van der Waals surface area contributed by atoms with Gasteiger partial charge in [-0.15, -0.1) is 0 Å². The first-order chi connectivity index (χ1) is 17.3. The molecule has 1 aliphatic carbocycles. The average molecular weight is 495 g/mol. The number of rotatable bonds is 8. The molecule has 1 aliphatic heterocycles. The van der Waals surface area contributed by atoms with E-state index >= 15 is 0 Å². The van der Waals surface area contributed by atoms with Crippen LogP contribution >= 0.6 is 0 Å². The van der Waals surface area contributed by atoms with Crippen LogP contribution in [-0.4, -0.2) is 61.1 Å². The molecule has 36 heavy (non-hydrogen) atoms. The second-order valence-corrected chi connectivity index (χ2v) is 9.36. The molecule has 8 heteroatoms. The quantitative estimate of drug-likeness (QED) is 0.411. The van der Waals surface area contributed by atoms with Crippen LogP contribution in [0, 0.1) is 5.82 Å². The van der Waals surface area contributed by atoms with E-state index in [1.54, 1.807) is 17.0 Å². The first kappa shape index (κ1) is 25.5. The number of carbonyl (C=O) groups excluding carboxylic acids is 4. The van der Waals surface area contributed by atoms with Crippen molar-refractivity contribution in [3.63, 3.8) is 0 Å². The number of piperazine rings is 1. The number of amides is 1. The lowest BCUT2D eigenvalue weighted by Gasteiger charge is -2.36. The van der Waals surface area contributed by atoms with Gasteiger partial charge in [-0.1, -0.05) is 12.1 Å². The number of esters is 1. The maximum Gasteiger partial charge on any atom is 0.306 e. The second kappa shape index (κ2) is 11.5. The van der Waals surface area contributed by atoms with E-state index in [-0.39, 0.29) is 36.9 Å². The highest BCUT2D eigenvalue weighted by molar-refractivity contribution is 5.98. The highest BCUT2D eigenvalue weighted by Crippen LogP contribution is 2.24. The van der Waals surface area contributed by atoms with Crippen molar-refractivity contribution in [3.05, 3.63) is 64.5 Å². The third-order valence-corrected chi connectivity index (χ3v) is 6.91. The SMILES string of the molecule is CC(=O)c1ccc(N2CCN(C(=O)COC(=O)CCC(=O)c3ccc4c(c3)CCCC4)CC2)c(F)c1. The van der Waals surface area contributed by atoms with Crippen LogP contribution in [0.2, 0.25) is 0 Å². The van der Waals surface area contributed by atoms with Gasteiger partial charge in [-0.2, -0.15) is 0 Å². The lowest BCUT2D eigenvalue weighted by atomic mass is 9.89. The lowest BCUT2D eigenvalue weighted by molar-refractivity contribution is -0.152. The highest BCUT2D eigenvalue weighted by Gasteiger charge is 2.24. The van der Waals surface area contributed by atoms with Crippen molar-refractivity contribution in [1.82, 2.24) is 4.90 Å². The zero-order valence-electron chi connectivity index (χ0n) is 20.6. The molecule has 0 atom stereocenters. The largest absolute Gasteiger partial charge is 0.456 e. The van der Waals surface area contributed by atoms with Crippen LogP contribution in [0.5, 0.6) is 0 Å². The fourth-order valence-corrected chi connectivity index (χ4v) is 4.75. The molecular formula is C28H31FN2O5. The Labute approximate surface area is 210 Å². The summed E-state index contributed by atoms with van der Waals surface area (Å²) in [4.78, 5) is 51.9. The number of fused-ring (bicyclic) bond motifs is 1. The summed E-state index contributed by atoms with van der Waals surface area (Å²) in [6.45, 7) is 2.57. The molecule has 2 aromatic rings. The normalized spacial score (nSPS) is 15.3. The van der Waals surface area contributed by atoms with Gasteiger partial charge in [-0.25, -0.2) is 4.39 Å². The topological polar surface area (TPSA) is 84.0 Å². The molecule has 1 amide bonds. The van der Waals surface area contributed by atoms with Gasteiger partial charge in [0.05, 0.1) is 12.1 Å². The van der Waals surface area contributed by atoms with E-state index < -0.39 is 11.8 Å². The minimum Gasteiger partial charge on any atom is -0.456 e. The molecule has 1 heterocycles. The molecule has 190 valence electrons. The number of halogens is 1. The summed E-state index contributed by atoms with van der Waals surface area (Å²) in [7, 11) is 0. The number of benzene rings is 2. The molecule has 0 radical (unpaired) electrons. The zero-order valence-corrected chi connectivity index (χ0v) is 20.6. The van der Waals surface area contributed by atoms with Gasteiger partial charge in [0.2, 0.25) is 0 Å². The van der Waals surface area contributed by atoms with E-state index in [9.17, 15) is 23.6 Å². The summed E-state index contributed by atoms with van der Waals surface area (Å²) >= 11 is 0. The van der Waals surface area contributed by atoms with E-state index in [0.29, 0.717) is 43.0 Å². The molecular weight excluding hydrogens is 463 g/mol. The number of Topliss-reactive ketones (excluding diaryl/α,β-unsaturated/α-hetero) is 2. The summed E-state index contributed by atoms with van der Waals surface area (Å²) < 4.78 is 19.5. The van der Waals surface area contributed by atoms with Crippen LogP contribution < -0.4 is 4.90 Å². The number of hydrogen-bond donors (Lipinski definition) is 0. The molecule has 0 saturated carbocycles. The molecule has 7 nitrogen and oxygen atoms in total. The average Bonchev–Trinajstić information content (AvgIpc) is 2.90. The van der Waals surface area contributed by atoms with Crippen molar-refractivity contribution in [2.45, 2.75) is 45.4 Å². The molecule has 2 aliphatic rings. The van der Waals surface area contributed by atoms with Crippen molar-refractivity contribution in [1.29, 1.82) is 0 Å². The van der Waals surface area contributed by atoms with Crippen molar-refractivity contribution in [2.24, 2.45) is 0 Å². The van der Waals surface area contributed by atoms with Gasteiger partial charge in [0, 0.05) is 43.7 Å². The van der Waals surface area contributed by atoms with Gasteiger partial charge < -0.3 is 14.5 Å². The number of ketones is 2. The third-order valence-electron chi connectivity index (χ3n) is 6.91. The lowest BCUT2D eigenvalue weighted by Crippen LogP contribution is -2.50. The molecule has 4 rings (SSSR count). The summed E-state index contributed by atoms with van der Waals surface area (Å²) in [6.07, 6.45) is 4.30. The van der Waals surface area contributed by atoms with E-state index in [2.05, 4.69) is 0 Å². The highest BCUT2D eigenvalue weighted by atomic mass is 19.1. The van der Waals surface area contributed by atoms with Crippen LogP contribution in [-0.2, 0) is 27.2 Å². The number of ether oxygens (including phenoxy) is 1. The Morgan fingerprint density at radius 1 is 0.861 bits per heavy atom.